The number of aliphatic hydroxyl groups is 2. The highest BCUT2D eigenvalue weighted by molar-refractivity contribution is 7.80. The van der Waals surface area contributed by atoms with Crippen molar-refractivity contribution >= 4 is 12.6 Å². The van der Waals surface area contributed by atoms with Gasteiger partial charge in [0, 0.05) is 0 Å². The maximum Gasteiger partial charge on any atom is 0.121 e. The van der Waals surface area contributed by atoms with Gasteiger partial charge in [-0.3, -0.25) is 0 Å². The Morgan fingerprint density at radius 2 is 2.31 bits per heavy atom. The third-order valence-corrected chi connectivity index (χ3v) is 2.09. The lowest BCUT2D eigenvalue weighted by Crippen LogP contribution is -2.18. The fourth-order valence-corrected chi connectivity index (χ4v) is 1.35. The Balaban J connectivity index is 2.61. The van der Waals surface area contributed by atoms with Gasteiger partial charge in [-0.25, -0.2) is 4.98 Å². The van der Waals surface area contributed by atoms with Gasteiger partial charge in [0.15, 0.2) is 0 Å². The van der Waals surface area contributed by atoms with Crippen molar-refractivity contribution in [1.82, 2.24) is 9.97 Å². The van der Waals surface area contributed by atoms with Crippen molar-refractivity contribution in [3.05, 3.63) is 17.7 Å². The normalized spacial score (nSPS) is 15.7. The van der Waals surface area contributed by atoms with E-state index in [0.29, 0.717) is 17.9 Å². The molecule has 0 spiro atoms. The first kappa shape index (κ1) is 10.6. The van der Waals surface area contributed by atoms with Crippen molar-refractivity contribution < 1.29 is 10.2 Å². The Morgan fingerprint density at radius 1 is 1.62 bits per heavy atom. The quantitative estimate of drug-likeness (QED) is 0.535. The van der Waals surface area contributed by atoms with Crippen LogP contribution in [0.4, 0.5) is 0 Å². The van der Waals surface area contributed by atoms with Gasteiger partial charge in [0.1, 0.15) is 11.9 Å². The minimum atomic E-state index is -0.895. The van der Waals surface area contributed by atoms with Crippen LogP contribution in [-0.4, -0.2) is 32.0 Å². The van der Waals surface area contributed by atoms with Crippen LogP contribution < -0.4 is 0 Å². The Hall–Kier alpha value is -0.520. The molecule has 74 valence electrons. The molecule has 1 heterocycles. The Labute approximate surface area is 82.4 Å². The van der Waals surface area contributed by atoms with E-state index in [1.165, 1.54) is 6.20 Å². The van der Waals surface area contributed by atoms with Crippen LogP contribution in [0, 0.1) is 6.92 Å². The van der Waals surface area contributed by atoms with Gasteiger partial charge < -0.3 is 15.2 Å². The lowest BCUT2D eigenvalue weighted by molar-refractivity contribution is 0.0149. The predicted octanol–water partition coefficient (Wildman–Crippen LogP) is 0.432. The summed E-state index contributed by atoms with van der Waals surface area (Å²) in [5.74, 6) is 1.28. The molecule has 0 aliphatic heterocycles. The van der Waals surface area contributed by atoms with E-state index in [2.05, 4.69) is 22.6 Å². The average Bonchev–Trinajstić information content (AvgIpc) is 2.51. The van der Waals surface area contributed by atoms with E-state index in [-0.39, 0.29) is 0 Å². The molecule has 2 unspecified atom stereocenters. The molecule has 3 N–H and O–H groups in total. The molecule has 0 bridgehead atoms. The smallest absolute Gasteiger partial charge is 0.121 e. The van der Waals surface area contributed by atoms with Gasteiger partial charge in [-0.2, -0.15) is 12.6 Å². The standard InChI is InChI=1S/C8H14N2O2S/c1-5-9-4-6(10-5)8(12)7(11)2-3-13/h4,7-8,11-13H,2-3H2,1H3,(H,9,10). The molecule has 0 aromatic carbocycles. The second-order valence-electron chi connectivity index (χ2n) is 2.95. The molecule has 0 aliphatic rings. The number of hydrogen-bond acceptors (Lipinski definition) is 4. The third-order valence-electron chi connectivity index (χ3n) is 1.83. The predicted molar refractivity (Wildman–Crippen MR) is 52.8 cm³/mol. The van der Waals surface area contributed by atoms with E-state index in [0.717, 1.165) is 5.82 Å². The number of imidazole rings is 1. The number of aromatic nitrogens is 2. The summed E-state index contributed by atoms with van der Waals surface area (Å²) in [6, 6.07) is 0. The molecule has 0 fully saturated rings. The van der Waals surface area contributed by atoms with Crippen LogP contribution in [-0.2, 0) is 0 Å². The first-order valence-electron chi connectivity index (χ1n) is 4.13. The molecule has 0 saturated carbocycles. The van der Waals surface area contributed by atoms with Gasteiger partial charge in [0.2, 0.25) is 0 Å². The number of rotatable bonds is 4. The molecule has 1 aromatic heterocycles. The number of aromatic amines is 1. The van der Waals surface area contributed by atoms with Crippen molar-refractivity contribution in [2.75, 3.05) is 5.75 Å². The maximum absolute atomic E-state index is 9.58. The fraction of sp³-hybridized carbons (Fsp3) is 0.625. The van der Waals surface area contributed by atoms with Crippen LogP contribution in [0.5, 0.6) is 0 Å². The largest absolute Gasteiger partial charge is 0.390 e. The number of aryl methyl sites for hydroxylation is 1. The fourth-order valence-electron chi connectivity index (χ4n) is 1.09. The topological polar surface area (TPSA) is 69.1 Å². The number of hydrogen-bond donors (Lipinski definition) is 4. The zero-order valence-electron chi connectivity index (χ0n) is 7.44. The van der Waals surface area contributed by atoms with Gasteiger partial charge in [-0.1, -0.05) is 0 Å². The third kappa shape index (κ3) is 2.72. The number of aliphatic hydroxyl groups excluding tert-OH is 2. The Bertz CT molecular complexity index is 264. The lowest BCUT2D eigenvalue weighted by atomic mass is 10.1. The first-order chi connectivity index (χ1) is 6.15. The van der Waals surface area contributed by atoms with E-state index in [1.54, 1.807) is 6.92 Å². The molecule has 13 heavy (non-hydrogen) atoms. The first-order valence-corrected chi connectivity index (χ1v) is 4.77. The molecule has 5 heteroatoms. The summed E-state index contributed by atoms with van der Waals surface area (Å²) < 4.78 is 0. The molecular formula is C8H14N2O2S. The summed E-state index contributed by atoms with van der Waals surface area (Å²) in [6.45, 7) is 1.79. The Morgan fingerprint density at radius 3 is 2.77 bits per heavy atom. The van der Waals surface area contributed by atoms with E-state index in [9.17, 15) is 10.2 Å². The summed E-state index contributed by atoms with van der Waals surface area (Å²) >= 11 is 3.98. The molecule has 4 nitrogen and oxygen atoms in total. The second-order valence-corrected chi connectivity index (χ2v) is 3.40. The zero-order valence-corrected chi connectivity index (χ0v) is 8.33. The van der Waals surface area contributed by atoms with Crippen molar-refractivity contribution in [3.8, 4) is 0 Å². The van der Waals surface area contributed by atoms with Crippen molar-refractivity contribution in [1.29, 1.82) is 0 Å². The van der Waals surface area contributed by atoms with Crippen LogP contribution in [0.15, 0.2) is 6.20 Å². The average molecular weight is 202 g/mol. The van der Waals surface area contributed by atoms with Gasteiger partial charge in [-0.15, -0.1) is 0 Å². The van der Waals surface area contributed by atoms with Gasteiger partial charge >= 0.3 is 0 Å². The lowest BCUT2D eigenvalue weighted by Gasteiger charge is -2.14. The van der Waals surface area contributed by atoms with Crippen LogP contribution in [0.2, 0.25) is 0 Å². The van der Waals surface area contributed by atoms with Crippen LogP contribution >= 0.6 is 12.6 Å². The highest BCUT2D eigenvalue weighted by atomic mass is 32.1. The van der Waals surface area contributed by atoms with E-state index in [4.69, 9.17) is 0 Å². The highest BCUT2D eigenvalue weighted by Gasteiger charge is 2.18. The maximum atomic E-state index is 9.58. The monoisotopic (exact) mass is 202 g/mol. The molecular weight excluding hydrogens is 188 g/mol. The summed E-state index contributed by atoms with van der Waals surface area (Å²) in [6.07, 6.45) is 0.315. The van der Waals surface area contributed by atoms with Crippen molar-refractivity contribution in [3.63, 3.8) is 0 Å². The van der Waals surface area contributed by atoms with Crippen molar-refractivity contribution in [2.45, 2.75) is 25.6 Å². The number of nitrogens with one attached hydrogen (secondary N) is 1. The van der Waals surface area contributed by atoms with E-state index in [1.807, 2.05) is 0 Å². The summed E-state index contributed by atoms with van der Waals surface area (Å²) in [5.41, 5.74) is 0.548. The second kappa shape index (κ2) is 4.64. The van der Waals surface area contributed by atoms with Crippen LogP contribution in [0.25, 0.3) is 0 Å². The van der Waals surface area contributed by atoms with E-state index < -0.39 is 12.2 Å². The highest BCUT2D eigenvalue weighted by Crippen LogP contribution is 2.16. The summed E-state index contributed by atoms with van der Waals surface area (Å²) in [4.78, 5) is 6.80. The zero-order chi connectivity index (χ0) is 9.84. The summed E-state index contributed by atoms with van der Waals surface area (Å²) in [7, 11) is 0. The van der Waals surface area contributed by atoms with Crippen LogP contribution in [0.3, 0.4) is 0 Å². The van der Waals surface area contributed by atoms with Gasteiger partial charge in [0.25, 0.3) is 0 Å². The molecule has 2 atom stereocenters. The molecule has 0 amide bonds. The van der Waals surface area contributed by atoms with E-state index >= 15 is 0 Å². The number of H-pyrrole nitrogens is 1. The molecule has 1 aromatic rings. The summed E-state index contributed by atoms with van der Waals surface area (Å²) in [5, 5.41) is 19.0. The van der Waals surface area contributed by atoms with Gasteiger partial charge in [0.05, 0.1) is 18.0 Å². The minimum Gasteiger partial charge on any atom is -0.390 e. The molecule has 0 saturated heterocycles. The minimum absolute atomic E-state index is 0.461. The molecule has 1 rings (SSSR count). The SMILES string of the molecule is Cc1ncc(C(O)C(O)CCS)[nH]1. The van der Waals surface area contributed by atoms with Gasteiger partial charge in [-0.05, 0) is 19.1 Å². The number of thiol groups is 1. The Kier molecular flexibility index (Phi) is 3.77. The van der Waals surface area contributed by atoms with Crippen LogP contribution in [0.1, 0.15) is 24.0 Å². The molecule has 0 radical (unpaired) electrons. The van der Waals surface area contributed by atoms with Crippen molar-refractivity contribution in [2.24, 2.45) is 0 Å². The number of nitrogens with zero attached hydrogens (tertiary/aromatic N) is 1. The molecule has 0 aliphatic carbocycles.